The maximum absolute atomic E-state index is 10.9. The number of rotatable bonds is 6. The first kappa shape index (κ1) is 12.2. The van der Waals surface area contributed by atoms with E-state index in [9.17, 15) is 4.79 Å². The number of hydrogen-bond donors (Lipinski definition) is 1. The fourth-order valence-electron chi connectivity index (χ4n) is 0.730. The molecular weight excluding hydrogens is 166 g/mol. The van der Waals surface area contributed by atoms with E-state index in [1.807, 2.05) is 0 Å². The highest BCUT2D eigenvalue weighted by molar-refractivity contribution is 5.86. The molecule has 1 N–H and O–H groups in total. The molecule has 0 aromatic heterocycles. The first-order valence-electron chi connectivity index (χ1n) is 4.57. The number of carbonyl (C=O) groups is 1. The van der Waals surface area contributed by atoms with Gasteiger partial charge in [-0.2, -0.15) is 0 Å². The van der Waals surface area contributed by atoms with Crippen molar-refractivity contribution < 1.29 is 9.53 Å². The SMILES string of the molecule is C=C(C)C(=O)OCCNCC(C)C. The third-order valence-electron chi connectivity index (χ3n) is 1.41. The summed E-state index contributed by atoms with van der Waals surface area (Å²) in [6.45, 7) is 11.5. The summed E-state index contributed by atoms with van der Waals surface area (Å²) in [5, 5.41) is 3.17. The predicted molar refractivity (Wildman–Crippen MR) is 53.5 cm³/mol. The lowest BCUT2D eigenvalue weighted by atomic mass is 10.2. The monoisotopic (exact) mass is 185 g/mol. The summed E-state index contributed by atoms with van der Waals surface area (Å²) in [4.78, 5) is 10.9. The Balaban J connectivity index is 3.26. The Labute approximate surface area is 80.2 Å². The van der Waals surface area contributed by atoms with Gasteiger partial charge in [-0.25, -0.2) is 4.79 Å². The van der Waals surface area contributed by atoms with Crippen molar-refractivity contribution in [3.63, 3.8) is 0 Å². The van der Waals surface area contributed by atoms with Crippen LogP contribution in [0.2, 0.25) is 0 Å². The second-order valence-electron chi connectivity index (χ2n) is 3.51. The summed E-state index contributed by atoms with van der Waals surface area (Å²) in [6, 6.07) is 0. The van der Waals surface area contributed by atoms with E-state index in [0.29, 0.717) is 24.6 Å². The second-order valence-corrected chi connectivity index (χ2v) is 3.51. The van der Waals surface area contributed by atoms with Gasteiger partial charge in [-0.1, -0.05) is 20.4 Å². The summed E-state index contributed by atoms with van der Waals surface area (Å²) < 4.78 is 4.88. The van der Waals surface area contributed by atoms with Crippen molar-refractivity contribution in [2.24, 2.45) is 5.92 Å². The van der Waals surface area contributed by atoms with Crippen LogP contribution in [-0.4, -0.2) is 25.7 Å². The van der Waals surface area contributed by atoms with Crippen LogP contribution in [0.4, 0.5) is 0 Å². The van der Waals surface area contributed by atoms with Crippen LogP contribution in [0, 0.1) is 5.92 Å². The van der Waals surface area contributed by atoms with Gasteiger partial charge >= 0.3 is 5.97 Å². The molecular formula is C10H19NO2. The molecule has 0 spiro atoms. The van der Waals surface area contributed by atoms with Crippen LogP contribution < -0.4 is 5.32 Å². The standard InChI is InChI=1S/C10H19NO2/c1-8(2)7-11-5-6-13-10(12)9(3)4/h8,11H,3,5-7H2,1-2,4H3. The molecule has 3 nitrogen and oxygen atoms in total. The van der Waals surface area contributed by atoms with Crippen molar-refractivity contribution in [2.75, 3.05) is 19.7 Å². The molecule has 0 saturated heterocycles. The van der Waals surface area contributed by atoms with E-state index in [1.54, 1.807) is 6.92 Å². The van der Waals surface area contributed by atoms with Crippen LogP contribution in [0.15, 0.2) is 12.2 Å². The first-order valence-corrected chi connectivity index (χ1v) is 4.57. The molecule has 3 heteroatoms. The highest BCUT2D eigenvalue weighted by atomic mass is 16.5. The number of ether oxygens (including phenoxy) is 1. The highest BCUT2D eigenvalue weighted by Gasteiger charge is 2.01. The van der Waals surface area contributed by atoms with E-state index in [-0.39, 0.29) is 5.97 Å². The molecule has 0 atom stereocenters. The molecule has 76 valence electrons. The zero-order chi connectivity index (χ0) is 10.3. The van der Waals surface area contributed by atoms with Gasteiger partial charge < -0.3 is 10.1 Å². The molecule has 0 unspecified atom stereocenters. The Hall–Kier alpha value is -0.830. The first-order chi connectivity index (χ1) is 6.04. The van der Waals surface area contributed by atoms with Crippen molar-refractivity contribution in [3.8, 4) is 0 Å². The third kappa shape index (κ3) is 7.53. The summed E-state index contributed by atoms with van der Waals surface area (Å²) >= 11 is 0. The predicted octanol–water partition coefficient (Wildman–Crippen LogP) is 1.35. The second kappa shape index (κ2) is 6.66. The number of carbonyl (C=O) groups excluding carboxylic acids is 1. The summed E-state index contributed by atoms with van der Waals surface area (Å²) in [5.74, 6) is 0.309. The average Bonchev–Trinajstić information content (AvgIpc) is 2.02. The van der Waals surface area contributed by atoms with E-state index in [2.05, 4.69) is 25.7 Å². The molecule has 0 saturated carbocycles. The van der Waals surface area contributed by atoms with Gasteiger partial charge in [-0.15, -0.1) is 0 Å². The number of nitrogens with one attached hydrogen (secondary N) is 1. The zero-order valence-electron chi connectivity index (χ0n) is 8.72. The van der Waals surface area contributed by atoms with Crippen LogP contribution in [-0.2, 0) is 9.53 Å². The quantitative estimate of drug-likeness (QED) is 0.385. The fraction of sp³-hybridized carbons (Fsp3) is 0.700. The van der Waals surface area contributed by atoms with Crippen LogP contribution in [0.1, 0.15) is 20.8 Å². The third-order valence-corrected chi connectivity index (χ3v) is 1.41. The molecule has 0 radical (unpaired) electrons. The number of hydrogen-bond acceptors (Lipinski definition) is 3. The van der Waals surface area contributed by atoms with Gasteiger partial charge in [0, 0.05) is 12.1 Å². The van der Waals surface area contributed by atoms with Crippen LogP contribution in [0.25, 0.3) is 0 Å². The average molecular weight is 185 g/mol. The minimum absolute atomic E-state index is 0.314. The Morgan fingerprint density at radius 1 is 1.54 bits per heavy atom. The van der Waals surface area contributed by atoms with Crippen molar-refractivity contribution in [3.05, 3.63) is 12.2 Å². The Morgan fingerprint density at radius 3 is 2.62 bits per heavy atom. The van der Waals surface area contributed by atoms with Gasteiger partial charge in [-0.05, 0) is 19.4 Å². The molecule has 0 aliphatic carbocycles. The molecule has 0 bridgehead atoms. The molecule has 0 heterocycles. The smallest absolute Gasteiger partial charge is 0.333 e. The molecule has 0 fully saturated rings. The van der Waals surface area contributed by atoms with Crippen LogP contribution in [0.5, 0.6) is 0 Å². The Bertz CT molecular complexity index is 176. The van der Waals surface area contributed by atoms with Crippen molar-refractivity contribution in [1.29, 1.82) is 0 Å². The molecule has 0 rings (SSSR count). The maximum Gasteiger partial charge on any atom is 0.333 e. The van der Waals surface area contributed by atoms with Gasteiger partial charge in [-0.3, -0.25) is 0 Å². The van der Waals surface area contributed by atoms with Gasteiger partial charge in [0.15, 0.2) is 0 Å². The molecule has 13 heavy (non-hydrogen) atoms. The van der Waals surface area contributed by atoms with E-state index in [1.165, 1.54) is 0 Å². The Kier molecular flexibility index (Phi) is 6.24. The maximum atomic E-state index is 10.9. The molecule has 0 aliphatic heterocycles. The minimum atomic E-state index is -0.314. The van der Waals surface area contributed by atoms with Crippen molar-refractivity contribution >= 4 is 5.97 Å². The largest absolute Gasteiger partial charge is 0.461 e. The van der Waals surface area contributed by atoms with Crippen molar-refractivity contribution in [2.45, 2.75) is 20.8 Å². The molecule has 0 amide bonds. The molecule has 0 aliphatic rings. The van der Waals surface area contributed by atoms with E-state index < -0.39 is 0 Å². The van der Waals surface area contributed by atoms with E-state index >= 15 is 0 Å². The lowest BCUT2D eigenvalue weighted by molar-refractivity contribution is -0.138. The highest BCUT2D eigenvalue weighted by Crippen LogP contribution is 1.91. The van der Waals surface area contributed by atoms with Gasteiger partial charge in [0.25, 0.3) is 0 Å². The lowest BCUT2D eigenvalue weighted by Gasteiger charge is -2.07. The zero-order valence-corrected chi connectivity index (χ0v) is 8.72. The van der Waals surface area contributed by atoms with E-state index in [4.69, 9.17) is 4.74 Å². The topological polar surface area (TPSA) is 38.3 Å². The van der Waals surface area contributed by atoms with Crippen molar-refractivity contribution in [1.82, 2.24) is 5.32 Å². The number of esters is 1. The molecule has 0 aromatic carbocycles. The lowest BCUT2D eigenvalue weighted by Crippen LogP contribution is -2.25. The molecule has 0 aromatic rings. The van der Waals surface area contributed by atoms with Gasteiger partial charge in [0.05, 0.1) is 0 Å². The fourth-order valence-corrected chi connectivity index (χ4v) is 0.730. The Morgan fingerprint density at radius 2 is 2.15 bits per heavy atom. The normalized spacial score (nSPS) is 10.2. The summed E-state index contributed by atoms with van der Waals surface area (Å²) in [6.07, 6.45) is 0. The van der Waals surface area contributed by atoms with E-state index in [0.717, 1.165) is 6.54 Å². The van der Waals surface area contributed by atoms with Gasteiger partial charge in [0.2, 0.25) is 0 Å². The minimum Gasteiger partial charge on any atom is -0.461 e. The van der Waals surface area contributed by atoms with Crippen LogP contribution >= 0.6 is 0 Å². The summed E-state index contributed by atoms with van der Waals surface area (Å²) in [5.41, 5.74) is 0.448. The summed E-state index contributed by atoms with van der Waals surface area (Å²) in [7, 11) is 0. The van der Waals surface area contributed by atoms with Crippen LogP contribution in [0.3, 0.4) is 0 Å². The van der Waals surface area contributed by atoms with Gasteiger partial charge in [0.1, 0.15) is 6.61 Å².